The molecule has 26 heavy (non-hydrogen) atoms. The van der Waals surface area contributed by atoms with Crippen molar-refractivity contribution in [1.29, 1.82) is 0 Å². The summed E-state index contributed by atoms with van der Waals surface area (Å²) >= 11 is 6.18. The van der Waals surface area contributed by atoms with Crippen molar-refractivity contribution in [2.75, 3.05) is 40.3 Å². The van der Waals surface area contributed by atoms with E-state index in [0.717, 1.165) is 37.3 Å². The molecular formula is C20H24ClN3O2. The smallest absolute Gasteiger partial charge is 0.161 e. The van der Waals surface area contributed by atoms with Crippen LogP contribution < -0.4 is 9.47 Å². The third-order valence-corrected chi connectivity index (χ3v) is 4.75. The molecule has 5 nitrogen and oxygen atoms in total. The van der Waals surface area contributed by atoms with Crippen LogP contribution in [0.5, 0.6) is 11.5 Å². The lowest BCUT2D eigenvalue weighted by atomic mass is 10.2. The maximum atomic E-state index is 6.18. The van der Waals surface area contributed by atoms with Crippen molar-refractivity contribution in [3.05, 3.63) is 58.6 Å². The minimum absolute atomic E-state index is 0.394. The fraction of sp³-hybridized carbons (Fsp3) is 0.350. The molecule has 0 spiro atoms. The molecule has 2 aromatic rings. The lowest BCUT2D eigenvalue weighted by Gasteiger charge is -2.30. The van der Waals surface area contributed by atoms with Gasteiger partial charge in [0.25, 0.3) is 0 Å². The number of rotatable bonds is 6. The second kappa shape index (κ2) is 8.92. The fourth-order valence-corrected chi connectivity index (χ4v) is 2.90. The number of hydrazone groups is 1. The first-order valence-electron chi connectivity index (χ1n) is 8.67. The van der Waals surface area contributed by atoms with E-state index in [4.69, 9.17) is 21.1 Å². The molecule has 1 heterocycles. The van der Waals surface area contributed by atoms with E-state index in [-0.39, 0.29) is 0 Å². The van der Waals surface area contributed by atoms with Gasteiger partial charge in [0.05, 0.1) is 13.3 Å². The standard InChI is InChI=1S/C20H24ClN3O2/c1-23-9-11-24(12-10-23)22-14-16-7-8-19(20(13-16)25-2)26-15-17-5-3-4-6-18(17)21/h3-8,13-14H,9-12,15H2,1-2H3/b22-14-. The minimum Gasteiger partial charge on any atom is -0.493 e. The second-order valence-corrected chi connectivity index (χ2v) is 6.70. The van der Waals surface area contributed by atoms with Crippen LogP contribution in [-0.4, -0.2) is 56.5 Å². The van der Waals surface area contributed by atoms with Crippen molar-refractivity contribution in [1.82, 2.24) is 9.91 Å². The van der Waals surface area contributed by atoms with Crippen LogP contribution in [0.15, 0.2) is 47.6 Å². The monoisotopic (exact) mass is 373 g/mol. The Morgan fingerprint density at radius 2 is 1.85 bits per heavy atom. The molecule has 1 aliphatic heterocycles. The zero-order valence-electron chi connectivity index (χ0n) is 15.2. The first-order valence-corrected chi connectivity index (χ1v) is 9.05. The van der Waals surface area contributed by atoms with Gasteiger partial charge < -0.3 is 14.4 Å². The van der Waals surface area contributed by atoms with Crippen LogP contribution in [0.3, 0.4) is 0 Å². The summed E-state index contributed by atoms with van der Waals surface area (Å²) in [5, 5.41) is 7.35. The molecule has 0 N–H and O–H groups in total. The predicted octanol–water partition coefficient (Wildman–Crippen LogP) is 3.51. The van der Waals surface area contributed by atoms with Crippen molar-refractivity contribution in [3.8, 4) is 11.5 Å². The quantitative estimate of drug-likeness (QED) is 0.726. The van der Waals surface area contributed by atoms with Crippen molar-refractivity contribution in [2.45, 2.75) is 6.61 Å². The summed E-state index contributed by atoms with van der Waals surface area (Å²) in [5.74, 6) is 1.36. The van der Waals surface area contributed by atoms with Crippen molar-refractivity contribution in [2.24, 2.45) is 5.10 Å². The summed E-state index contributed by atoms with van der Waals surface area (Å²) in [5.41, 5.74) is 1.92. The molecule has 2 aromatic carbocycles. The van der Waals surface area contributed by atoms with Crippen LogP contribution in [0, 0.1) is 0 Å². The van der Waals surface area contributed by atoms with Gasteiger partial charge in [0, 0.05) is 36.8 Å². The Kier molecular flexibility index (Phi) is 6.36. The van der Waals surface area contributed by atoms with E-state index in [1.165, 1.54) is 0 Å². The number of ether oxygens (including phenoxy) is 2. The number of hydrogen-bond acceptors (Lipinski definition) is 5. The van der Waals surface area contributed by atoms with Gasteiger partial charge in [-0.2, -0.15) is 5.10 Å². The van der Waals surface area contributed by atoms with E-state index in [0.29, 0.717) is 23.1 Å². The zero-order chi connectivity index (χ0) is 18.4. The van der Waals surface area contributed by atoms with E-state index in [9.17, 15) is 0 Å². The van der Waals surface area contributed by atoms with Gasteiger partial charge >= 0.3 is 0 Å². The highest BCUT2D eigenvalue weighted by atomic mass is 35.5. The number of hydrogen-bond donors (Lipinski definition) is 0. The highest BCUT2D eigenvalue weighted by Crippen LogP contribution is 2.29. The number of likely N-dealkylation sites (N-methyl/N-ethyl adjacent to an activating group) is 1. The molecule has 1 saturated heterocycles. The van der Waals surface area contributed by atoms with E-state index in [2.05, 4.69) is 22.1 Å². The average molecular weight is 374 g/mol. The van der Waals surface area contributed by atoms with E-state index < -0.39 is 0 Å². The summed E-state index contributed by atoms with van der Waals surface area (Å²) < 4.78 is 11.4. The lowest BCUT2D eigenvalue weighted by molar-refractivity contribution is 0.159. The zero-order valence-corrected chi connectivity index (χ0v) is 15.9. The topological polar surface area (TPSA) is 37.3 Å². The Morgan fingerprint density at radius 3 is 2.58 bits per heavy atom. The van der Waals surface area contributed by atoms with E-state index >= 15 is 0 Å². The second-order valence-electron chi connectivity index (χ2n) is 6.29. The van der Waals surface area contributed by atoms with Gasteiger partial charge in [-0.15, -0.1) is 0 Å². The third-order valence-electron chi connectivity index (χ3n) is 4.38. The van der Waals surface area contributed by atoms with Gasteiger partial charge in [0.2, 0.25) is 0 Å². The largest absolute Gasteiger partial charge is 0.493 e. The SMILES string of the molecule is COc1cc(/C=N\N2CCN(C)CC2)ccc1OCc1ccccc1Cl. The lowest BCUT2D eigenvalue weighted by Crippen LogP contribution is -2.41. The van der Waals surface area contributed by atoms with Gasteiger partial charge in [0.15, 0.2) is 11.5 Å². The number of piperazine rings is 1. The average Bonchev–Trinajstić information content (AvgIpc) is 2.67. The Bertz CT molecular complexity index is 758. The molecule has 0 unspecified atom stereocenters. The Morgan fingerprint density at radius 1 is 1.08 bits per heavy atom. The Balaban J connectivity index is 1.64. The first-order chi connectivity index (χ1) is 12.7. The van der Waals surface area contributed by atoms with Gasteiger partial charge in [-0.3, -0.25) is 5.01 Å². The molecule has 0 aromatic heterocycles. The highest BCUT2D eigenvalue weighted by molar-refractivity contribution is 6.31. The third kappa shape index (κ3) is 4.90. The molecular weight excluding hydrogens is 350 g/mol. The molecule has 6 heteroatoms. The van der Waals surface area contributed by atoms with Crippen LogP contribution >= 0.6 is 11.6 Å². The number of halogens is 1. The molecule has 0 radical (unpaired) electrons. The van der Waals surface area contributed by atoms with Crippen molar-refractivity contribution >= 4 is 17.8 Å². The molecule has 0 atom stereocenters. The molecule has 138 valence electrons. The molecule has 0 amide bonds. The molecule has 0 saturated carbocycles. The molecule has 1 aliphatic rings. The molecule has 0 aliphatic carbocycles. The normalized spacial score (nSPS) is 15.4. The summed E-state index contributed by atoms with van der Waals surface area (Å²) in [6, 6.07) is 13.5. The highest BCUT2D eigenvalue weighted by Gasteiger charge is 2.11. The van der Waals surface area contributed by atoms with Crippen LogP contribution in [-0.2, 0) is 6.61 Å². The van der Waals surface area contributed by atoms with E-state index in [1.54, 1.807) is 7.11 Å². The summed E-state index contributed by atoms with van der Waals surface area (Å²) in [6.45, 7) is 4.36. The van der Waals surface area contributed by atoms with Crippen LogP contribution in [0.4, 0.5) is 0 Å². The molecule has 0 bridgehead atoms. The van der Waals surface area contributed by atoms with Gasteiger partial charge in [-0.25, -0.2) is 0 Å². The Hall–Kier alpha value is -2.24. The predicted molar refractivity (Wildman–Crippen MR) is 105 cm³/mol. The fourth-order valence-electron chi connectivity index (χ4n) is 2.71. The number of benzene rings is 2. The molecule has 3 rings (SSSR count). The maximum absolute atomic E-state index is 6.18. The summed E-state index contributed by atoms with van der Waals surface area (Å²) in [6.07, 6.45) is 1.87. The van der Waals surface area contributed by atoms with Crippen molar-refractivity contribution in [3.63, 3.8) is 0 Å². The minimum atomic E-state index is 0.394. The summed E-state index contributed by atoms with van der Waals surface area (Å²) in [4.78, 5) is 2.31. The Labute approximate surface area is 159 Å². The van der Waals surface area contributed by atoms with Gasteiger partial charge in [0.1, 0.15) is 6.61 Å². The van der Waals surface area contributed by atoms with Crippen LogP contribution in [0.1, 0.15) is 11.1 Å². The van der Waals surface area contributed by atoms with Gasteiger partial charge in [-0.1, -0.05) is 29.8 Å². The van der Waals surface area contributed by atoms with Crippen LogP contribution in [0.25, 0.3) is 0 Å². The van der Waals surface area contributed by atoms with E-state index in [1.807, 2.05) is 48.7 Å². The van der Waals surface area contributed by atoms with Crippen molar-refractivity contribution < 1.29 is 9.47 Å². The number of methoxy groups -OCH3 is 1. The first kappa shape index (κ1) is 18.5. The summed E-state index contributed by atoms with van der Waals surface area (Å²) in [7, 11) is 3.77. The number of nitrogens with zero attached hydrogens (tertiary/aromatic N) is 3. The maximum Gasteiger partial charge on any atom is 0.161 e. The van der Waals surface area contributed by atoms with Gasteiger partial charge in [-0.05, 0) is 36.9 Å². The molecule has 1 fully saturated rings. The van der Waals surface area contributed by atoms with Crippen LogP contribution in [0.2, 0.25) is 5.02 Å².